The number of hydrogen-bond donors (Lipinski definition) is 1. The molecule has 0 unspecified atom stereocenters. The molecule has 0 spiro atoms. The molecule has 0 amide bonds. The third-order valence-corrected chi connectivity index (χ3v) is 5.78. The average Bonchev–Trinajstić information content (AvgIpc) is 3.00. The number of aromatic nitrogens is 1. The van der Waals surface area contributed by atoms with Gasteiger partial charge in [0.15, 0.2) is 5.78 Å². The molecule has 3 aromatic rings. The topological polar surface area (TPSA) is 76.1 Å². The maximum Gasteiger partial charge on any atom is 0.232 e. The largest absolute Gasteiger partial charge is 0.289 e. The predicted octanol–water partition coefficient (Wildman–Crippen LogP) is 3.82. The highest BCUT2D eigenvalue weighted by Gasteiger charge is 2.15. The molecular formula is C17H15FN2O3S2. The van der Waals surface area contributed by atoms with E-state index in [1.165, 1.54) is 17.4 Å². The highest BCUT2D eigenvalue weighted by atomic mass is 32.2. The fourth-order valence-corrected chi connectivity index (χ4v) is 4.27. The van der Waals surface area contributed by atoms with Crippen LogP contribution in [0.15, 0.2) is 41.9 Å². The standard InChI is InChI=1S/C17H15FN2O3S2/c1-2-5-25(22,23)20-14-7-12(6-13(18)9-14)17(21)11-3-4-15-16(8-11)24-10-19-15/h3-4,6-10,20H,2,5H2,1H3. The summed E-state index contributed by atoms with van der Waals surface area (Å²) >= 11 is 1.40. The summed E-state index contributed by atoms with van der Waals surface area (Å²) in [5.41, 5.74) is 2.98. The summed E-state index contributed by atoms with van der Waals surface area (Å²) in [6.45, 7) is 1.73. The van der Waals surface area contributed by atoms with Crippen molar-refractivity contribution in [2.75, 3.05) is 10.5 Å². The van der Waals surface area contributed by atoms with E-state index in [9.17, 15) is 17.6 Å². The van der Waals surface area contributed by atoms with E-state index >= 15 is 0 Å². The molecule has 25 heavy (non-hydrogen) atoms. The van der Waals surface area contributed by atoms with E-state index in [1.54, 1.807) is 30.6 Å². The highest BCUT2D eigenvalue weighted by Crippen LogP contribution is 2.23. The van der Waals surface area contributed by atoms with E-state index < -0.39 is 15.8 Å². The van der Waals surface area contributed by atoms with E-state index in [4.69, 9.17) is 0 Å². The van der Waals surface area contributed by atoms with Gasteiger partial charge in [0.05, 0.1) is 27.2 Å². The monoisotopic (exact) mass is 378 g/mol. The molecule has 130 valence electrons. The number of fused-ring (bicyclic) bond motifs is 1. The number of nitrogens with one attached hydrogen (secondary N) is 1. The highest BCUT2D eigenvalue weighted by molar-refractivity contribution is 7.92. The van der Waals surface area contributed by atoms with Crippen LogP contribution in [-0.4, -0.2) is 24.9 Å². The number of benzene rings is 2. The molecule has 0 aliphatic heterocycles. The van der Waals surface area contributed by atoms with Crippen LogP contribution in [0.3, 0.4) is 0 Å². The Morgan fingerprint density at radius 3 is 2.76 bits per heavy atom. The number of ketones is 1. The van der Waals surface area contributed by atoms with Gasteiger partial charge in [0.1, 0.15) is 5.82 Å². The zero-order chi connectivity index (χ0) is 18.0. The number of halogens is 1. The second-order valence-corrected chi connectivity index (χ2v) is 8.24. The minimum Gasteiger partial charge on any atom is -0.289 e. The zero-order valence-electron chi connectivity index (χ0n) is 13.3. The Kier molecular flexibility index (Phi) is 4.82. The minimum absolute atomic E-state index is 0.0377. The Balaban J connectivity index is 1.94. The fourth-order valence-electron chi connectivity index (χ4n) is 2.44. The molecule has 0 aliphatic rings. The van der Waals surface area contributed by atoms with Crippen molar-refractivity contribution in [3.05, 3.63) is 58.9 Å². The predicted molar refractivity (Wildman–Crippen MR) is 97.2 cm³/mol. The Morgan fingerprint density at radius 2 is 2.00 bits per heavy atom. The van der Waals surface area contributed by atoms with Gasteiger partial charge in [-0.25, -0.2) is 17.8 Å². The molecule has 2 aromatic carbocycles. The van der Waals surface area contributed by atoms with Crippen molar-refractivity contribution in [1.29, 1.82) is 0 Å². The Labute approximate surface area is 148 Å². The first kappa shape index (κ1) is 17.5. The van der Waals surface area contributed by atoms with Gasteiger partial charge in [-0.3, -0.25) is 9.52 Å². The first-order valence-electron chi connectivity index (χ1n) is 7.57. The molecule has 0 saturated carbocycles. The van der Waals surface area contributed by atoms with Crippen LogP contribution in [0.25, 0.3) is 10.2 Å². The summed E-state index contributed by atoms with van der Waals surface area (Å²) in [5, 5.41) is 0. The quantitative estimate of drug-likeness (QED) is 0.662. The summed E-state index contributed by atoms with van der Waals surface area (Å²) in [6, 6.07) is 8.53. The van der Waals surface area contributed by atoms with Crippen molar-refractivity contribution >= 4 is 43.0 Å². The average molecular weight is 378 g/mol. The number of carbonyl (C=O) groups excluding carboxylic acids is 1. The van der Waals surface area contributed by atoms with Gasteiger partial charge in [-0.1, -0.05) is 6.92 Å². The van der Waals surface area contributed by atoms with E-state index in [2.05, 4.69) is 9.71 Å². The van der Waals surface area contributed by atoms with Crippen molar-refractivity contribution in [1.82, 2.24) is 4.98 Å². The molecule has 3 rings (SSSR count). The lowest BCUT2D eigenvalue weighted by Crippen LogP contribution is -2.16. The Bertz CT molecular complexity index is 1040. The molecule has 5 nitrogen and oxygen atoms in total. The van der Waals surface area contributed by atoms with Crippen LogP contribution >= 0.6 is 11.3 Å². The second-order valence-electron chi connectivity index (χ2n) is 5.51. The van der Waals surface area contributed by atoms with Gasteiger partial charge >= 0.3 is 0 Å². The zero-order valence-corrected chi connectivity index (χ0v) is 15.0. The fraction of sp³-hybridized carbons (Fsp3) is 0.176. The molecule has 0 saturated heterocycles. The third-order valence-electron chi connectivity index (χ3n) is 3.50. The number of carbonyl (C=O) groups is 1. The van der Waals surface area contributed by atoms with E-state index in [0.29, 0.717) is 12.0 Å². The molecule has 1 aromatic heterocycles. The van der Waals surface area contributed by atoms with Crippen LogP contribution in [0.1, 0.15) is 29.3 Å². The molecule has 0 bridgehead atoms. The Morgan fingerprint density at radius 1 is 1.20 bits per heavy atom. The molecule has 8 heteroatoms. The summed E-state index contributed by atoms with van der Waals surface area (Å²) in [4.78, 5) is 16.8. The van der Waals surface area contributed by atoms with Gasteiger partial charge < -0.3 is 0 Å². The molecule has 0 radical (unpaired) electrons. The van der Waals surface area contributed by atoms with Crippen molar-refractivity contribution < 1.29 is 17.6 Å². The molecule has 1 heterocycles. The SMILES string of the molecule is CCCS(=O)(=O)Nc1cc(F)cc(C(=O)c2ccc3ncsc3c2)c1. The summed E-state index contributed by atoms with van der Waals surface area (Å²) < 4.78 is 40.7. The first-order chi connectivity index (χ1) is 11.9. The van der Waals surface area contributed by atoms with Crippen LogP contribution in [0.4, 0.5) is 10.1 Å². The van der Waals surface area contributed by atoms with Crippen molar-refractivity contribution in [2.45, 2.75) is 13.3 Å². The summed E-state index contributed by atoms with van der Waals surface area (Å²) in [7, 11) is -3.56. The van der Waals surface area contributed by atoms with Crippen LogP contribution in [0.2, 0.25) is 0 Å². The van der Waals surface area contributed by atoms with Gasteiger partial charge in [0, 0.05) is 11.1 Å². The van der Waals surface area contributed by atoms with Crippen LogP contribution < -0.4 is 4.72 Å². The van der Waals surface area contributed by atoms with Crippen molar-refractivity contribution in [3.63, 3.8) is 0 Å². The summed E-state index contributed by atoms with van der Waals surface area (Å²) in [5.74, 6) is -1.14. The van der Waals surface area contributed by atoms with E-state index in [0.717, 1.165) is 22.3 Å². The number of anilines is 1. The summed E-state index contributed by atoms with van der Waals surface area (Å²) in [6.07, 6.45) is 0.436. The molecule has 1 N–H and O–H groups in total. The van der Waals surface area contributed by atoms with Crippen LogP contribution in [0.5, 0.6) is 0 Å². The normalized spacial score (nSPS) is 11.6. The van der Waals surface area contributed by atoms with E-state index in [-0.39, 0.29) is 22.8 Å². The molecule has 0 fully saturated rings. The van der Waals surface area contributed by atoms with Gasteiger partial charge in [0.25, 0.3) is 0 Å². The lowest BCUT2D eigenvalue weighted by molar-refractivity contribution is 0.103. The number of rotatable bonds is 6. The minimum atomic E-state index is -3.56. The van der Waals surface area contributed by atoms with Gasteiger partial charge in [0.2, 0.25) is 10.0 Å². The van der Waals surface area contributed by atoms with Gasteiger partial charge in [-0.2, -0.15) is 0 Å². The Hall–Kier alpha value is -2.32. The van der Waals surface area contributed by atoms with Crippen LogP contribution in [-0.2, 0) is 10.0 Å². The van der Waals surface area contributed by atoms with Gasteiger partial charge in [-0.05, 0) is 42.8 Å². The lowest BCUT2D eigenvalue weighted by atomic mass is 10.0. The van der Waals surface area contributed by atoms with Crippen molar-refractivity contribution in [2.24, 2.45) is 0 Å². The number of thiazole rings is 1. The first-order valence-corrected chi connectivity index (χ1v) is 10.1. The molecular weight excluding hydrogens is 363 g/mol. The smallest absolute Gasteiger partial charge is 0.232 e. The van der Waals surface area contributed by atoms with E-state index in [1.807, 2.05) is 0 Å². The number of nitrogens with zero attached hydrogens (tertiary/aromatic N) is 1. The van der Waals surface area contributed by atoms with Crippen molar-refractivity contribution in [3.8, 4) is 0 Å². The maximum atomic E-state index is 13.9. The van der Waals surface area contributed by atoms with Gasteiger partial charge in [-0.15, -0.1) is 11.3 Å². The van der Waals surface area contributed by atoms with Crippen LogP contribution in [0, 0.1) is 5.82 Å². The number of sulfonamides is 1. The second kappa shape index (κ2) is 6.89. The third kappa shape index (κ3) is 4.02. The maximum absolute atomic E-state index is 13.9. The lowest BCUT2D eigenvalue weighted by Gasteiger charge is -2.09. The number of hydrogen-bond acceptors (Lipinski definition) is 5. The molecule has 0 aliphatic carbocycles. The molecule has 0 atom stereocenters.